The Morgan fingerprint density at radius 2 is 2.00 bits per heavy atom. The highest BCUT2D eigenvalue weighted by molar-refractivity contribution is 5.26. The molecule has 1 aromatic heterocycles. The molecule has 0 radical (unpaired) electrons. The molecule has 3 saturated carbocycles. The van der Waals surface area contributed by atoms with Crippen LogP contribution < -0.4 is 0 Å². The SMILES string of the molecule is C[C@]12CCC(O)CC1=CC[C@@H]1[C@H]2CC[C@]2(C)C(c3cn[nH]n3)CC[C@@H]12. The van der Waals surface area contributed by atoms with Crippen LogP contribution in [-0.2, 0) is 0 Å². The van der Waals surface area contributed by atoms with Gasteiger partial charge in [-0.15, -0.1) is 0 Å². The largest absolute Gasteiger partial charge is 0.393 e. The number of aliphatic hydroxyl groups is 1. The van der Waals surface area contributed by atoms with Gasteiger partial charge in [-0.2, -0.15) is 15.4 Å². The molecule has 7 atom stereocenters. The molecule has 0 aliphatic heterocycles. The molecule has 0 aromatic carbocycles. The standard InChI is InChI=1S/C21H31N3O/c1-20-9-7-14(25)11-13(20)3-4-15-16-5-6-18(19-12-22-24-23-19)21(16,2)10-8-17(15)20/h3,12,14-18,25H,4-11H2,1-2H3,(H,22,23,24)/t14?,15-,16-,17+,18?,20-,21-/m0/s1. The Hall–Kier alpha value is -1.16. The lowest BCUT2D eigenvalue weighted by atomic mass is 9.47. The van der Waals surface area contributed by atoms with Gasteiger partial charge in [0.15, 0.2) is 0 Å². The van der Waals surface area contributed by atoms with E-state index in [2.05, 4.69) is 35.3 Å². The van der Waals surface area contributed by atoms with Crippen molar-refractivity contribution in [1.29, 1.82) is 0 Å². The van der Waals surface area contributed by atoms with Gasteiger partial charge in [0.2, 0.25) is 0 Å². The Balaban J connectivity index is 1.47. The molecule has 3 fully saturated rings. The highest BCUT2D eigenvalue weighted by Gasteiger charge is 2.59. The van der Waals surface area contributed by atoms with E-state index in [4.69, 9.17) is 0 Å². The number of aliphatic hydroxyl groups excluding tert-OH is 1. The molecule has 0 amide bonds. The second-order valence-corrected chi connectivity index (χ2v) is 9.73. The van der Waals surface area contributed by atoms with E-state index in [0.29, 0.717) is 16.7 Å². The molecule has 4 aliphatic rings. The van der Waals surface area contributed by atoms with Crippen molar-refractivity contribution < 1.29 is 5.11 Å². The van der Waals surface area contributed by atoms with Crippen molar-refractivity contribution >= 4 is 0 Å². The van der Waals surface area contributed by atoms with Crippen LogP contribution in [0.4, 0.5) is 0 Å². The van der Waals surface area contributed by atoms with Crippen molar-refractivity contribution in [3.05, 3.63) is 23.5 Å². The topological polar surface area (TPSA) is 61.8 Å². The average molecular weight is 341 g/mol. The lowest BCUT2D eigenvalue weighted by molar-refractivity contribution is -0.0412. The first-order valence-electron chi connectivity index (χ1n) is 10.3. The second kappa shape index (κ2) is 5.42. The molecule has 25 heavy (non-hydrogen) atoms. The number of H-pyrrole nitrogens is 1. The Bertz CT molecular complexity index is 683. The van der Waals surface area contributed by atoms with Crippen molar-refractivity contribution in [2.45, 2.75) is 77.2 Å². The van der Waals surface area contributed by atoms with Gasteiger partial charge in [0, 0.05) is 5.92 Å². The van der Waals surface area contributed by atoms with Crippen molar-refractivity contribution in [3.8, 4) is 0 Å². The smallest absolute Gasteiger partial charge is 0.0861 e. The second-order valence-electron chi connectivity index (χ2n) is 9.73. The number of aromatic nitrogens is 3. The molecular weight excluding hydrogens is 310 g/mol. The summed E-state index contributed by atoms with van der Waals surface area (Å²) >= 11 is 0. The summed E-state index contributed by atoms with van der Waals surface area (Å²) in [5, 5.41) is 21.5. The maximum atomic E-state index is 10.1. The summed E-state index contributed by atoms with van der Waals surface area (Å²) in [4.78, 5) is 0. The Kier molecular flexibility index (Phi) is 3.48. The van der Waals surface area contributed by atoms with E-state index in [1.54, 1.807) is 5.57 Å². The lowest BCUT2D eigenvalue weighted by Gasteiger charge is -2.58. The fraction of sp³-hybridized carbons (Fsp3) is 0.810. The summed E-state index contributed by atoms with van der Waals surface area (Å²) in [5.74, 6) is 3.02. The number of hydrogen-bond donors (Lipinski definition) is 2. The van der Waals surface area contributed by atoms with Crippen LogP contribution in [0.3, 0.4) is 0 Å². The number of nitrogens with zero attached hydrogens (tertiary/aromatic N) is 2. The Labute approximate surface area is 150 Å². The summed E-state index contributed by atoms with van der Waals surface area (Å²) in [5.41, 5.74) is 3.48. The van der Waals surface area contributed by atoms with E-state index in [0.717, 1.165) is 30.6 Å². The zero-order chi connectivity index (χ0) is 17.2. The predicted octanol–water partition coefficient (Wildman–Crippen LogP) is 4.21. The fourth-order valence-electron chi connectivity index (χ4n) is 7.51. The van der Waals surface area contributed by atoms with Gasteiger partial charge in [-0.3, -0.25) is 0 Å². The maximum absolute atomic E-state index is 10.1. The third kappa shape index (κ3) is 2.16. The van der Waals surface area contributed by atoms with E-state index in [-0.39, 0.29) is 6.10 Å². The van der Waals surface area contributed by atoms with Gasteiger partial charge in [0.05, 0.1) is 18.0 Å². The molecule has 4 heteroatoms. The van der Waals surface area contributed by atoms with Crippen molar-refractivity contribution in [2.24, 2.45) is 28.6 Å². The quantitative estimate of drug-likeness (QED) is 0.752. The lowest BCUT2D eigenvalue weighted by Crippen LogP contribution is -2.50. The minimum Gasteiger partial charge on any atom is -0.393 e. The number of fused-ring (bicyclic) bond motifs is 5. The van der Waals surface area contributed by atoms with Crippen LogP contribution in [0.1, 0.15) is 76.8 Å². The van der Waals surface area contributed by atoms with E-state index in [9.17, 15) is 5.11 Å². The first-order valence-corrected chi connectivity index (χ1v) is 10.3. The average Bonchev–Trinajstić information content (AvgIpc) is 3.22. The van der Waals surface area contributed by atoms with E-state index < -0.39 is 0 Å². The van der Waals surface area contributed by atoms with E-state index in [1.165, 1.54) is 44.2 Å². The van der Waals surface area contributed by atoms with Crippen LogP contribution in [0.2, 0.25) is 0 Å². The van der Waals surface area contributed by atoms with Crippen LogP contribution in [0.5, 0.6) is 0 Å². The van der Waals surface area contributed by atoms with Gasteiger partial charge in [0.1, 0.15) is 0 Å². The van der Waals surface area contributed by atoms with Crippen LogP contribution >= 0.6 is 0 Å². The minimum absolute atomic E-state index is 0.104. The van der Waals surface area contributed by atoms with Crippen LogP contribution in [-0.4, -0.2) is 26.6 Å². The van der Waals surface area contributed by atoms with Crippen molar-refractivity contribution in [1.82, 2.24) is 15.4 Å². The Morgan fingerprint density at radius 1 is 1.12 bits per heavy atom. The molecule has 0 bridgehead atoms. The molecule has 1 heterocycles. The predicted molar refractivity (Wildman–Crippen MR) is 96.8 cm³/mol. The van der Waals surface area contributed by atoms with Crippen LogP contribution in [0, 0.1) is 28.6 Å². The summed E-state index contributed by atoms with van der Waals surface area (Å²) in [7, 11) is 0. The van der Waals surface area contributed by atoms with E-state index in [1.807, 2.05) is 6.20 Å². The molecule has 2 N–H and O–H groups in total. The number of aromatic amines is 1. The first-order chi connectivity index (χ1) is 12.0. The number of nitrogens with one attached hydrogen (secondary N) is 1. The van der Waals surface area contributed by atoms with Gasteiger partial charge in [-0.05, 0) is 80.0 Å². The first kappa shape index (κ1) is 16.0. The van der Waals surface area contributed by atoms with Gasteiger partial charge < -0.3 is 5.11 Å². The number of allylic oxidation sites excluding steroid dienone is 1. The van der Waals surface area contributed by atoms with Gasteiger partial charge in [0.25, 0.3) is 0 Å². The fourth-order valence-corrected chi connectivity index (χ4v) is 7.51. The summed E-state index contributed by atoms with van der Waals surface area (Å²) in [6.45, 7) is 5.04. The van der Waals surface area contributed by atoms with Gasteiger partial charge in [-0.1, -0.05) is 25.5 Å². The number of rotatable bonds is 1. The monoisotopic (exact) mass is 341 g/mol. The minimum atomic E-state index is -0.104. The molecule has 2 unspecified atom stereocenters. The zero-order valence-corrected chi connectivity index (χ0v) is 15.5. The van der Waals surface area contributed by atoms with Gasteiger partial charge in [-0.25, -0.2) is 0 Å². The van der Waals surface area contributed by atoms with Crippen LogP contribution in [0.15, 0.2) is 17.8 Å². The summed E-state index contributed by atoms with van der Waals surface area (Å²) in [6, 6.07) is 0. The molecule has 4 aliphatic carbocycles. The molecule has 1 aromatic rings. The Morgan fingerprint density at radius 3 is 2.80 bits per heavy atom. The van der Waals surface area contributed by atoms with Crippen molar-refractivity contribution in [3.63, 3.8) is 0 Å². The highest BCUT2D eigenvalue weighted by Crippen LogP contribution is 2.67. The summed E-state index contributed by atoms with van der Waals surface area (Å²) in [6.07, 6.45) is 14.0. The molecular formula is C21H31N3O. The molecule has 0 saturated heterocycles. The molecule has 4 nitrogen and oxygen atoms in total. The third-order valence-electron chi connectivity index (χ3n) is 8.87. The van der Waals surface area contributed by atoms with E-state index >= 15 is 0 Å². The zero-order valence-electron chi connectivity index (χ0n) is 15.5. The molecule has 0 spiro atoms. The third-order valence-corrected chi connectivity index (χ3v) is 8.87. The normalized spacial score (nSPS) is 49.1. The summed E-state index contributed by atoms with van der Waals surface area (Å²) < 4.78 is 0. The highest BCUT2D eigenvalue weighted by atomic mass is 16.3. The number of hydrogen-bond acceptors (Lipinski definition) is 3. The van der Waals surface area contributed by atoms with Gasteiger partial charge >= 0.3 is 0 Å². The molecule has 5 rings (SSSR count). The van der Waals surface area contributed by atoms with Crippen LogP contribution in [0.25, 0.3) is 0 Å². The van der Waals surface area contributed by atoms with Crippen molar-refractivity contribution in [2.75, 3.05) is 0 Å². The molecule has 136 valence electrons. The maximum Gasteiger partial charge on any atom is 0.0861 e.